The average Bonchev–Trinajstić information content (AvgIpc) is 2.31. The molecule has 1 aliphatic rings. The van der Waals surface area contributed by atoms with Gasteiger partial charge in [-0.15, -0.1) is 0 Å². The lowest BCUT2D eigenvalue weighted by Gasteiger charge is -2.34. The van der Waals surface area contributed by atoms with Crippen molar-refractivity contribution < 1.29 is 9.57 Å². The van der Waals surface area contributed by atoms with E-state index in [0.29, 0.717) is 24.7 Å². The summed E-state index contributed by atoms with van der Waals surface area (Å²) in [5.74, 6) is 6.14. The Bertz CT molecular complexity index is 345. The molecule has 1 heterocycles. The normalized spacial score (nSPS) is 25.1. The lowest BCUT2D eigenvalue weighted by molar-refractivity contribution is -0.0729. The Kier molecular flexibility index (Phi) is 6.90. The van der Waals surface area contributed by atoms with Gasteiger partial charge in [0.2, 0.25) is 0 Å². The van der Waals surface area contributed by atoms with E-state index >= 15 is 0 Å². The summed E-state index contributed by atoms with van der Waals surface area (Å²) in [6.45, 7) is 13.6. The van der Waals surface area contributed by atoms with E-state index in [-0.39, 0.29) is 0 Å². The second kappa shape index (κ2) is 8.19. The molecule has 0 bridgehead atoms. The van der Waals surface area contributed by atoms with E-state index in [1.54, 1.807) is 0 Å². The molecule has 1 rings (SSSR count). The number of nitrogens with zero attached hydrogens (tertiary/aromatic N) is 2. The summed E-state index contributed by atoms with van der Waals surface area (Å²) in [5.41, 5.74) is 0.811. The van der Waals surface area contributed by atoms with Crippen LogP contribution >= 0.6 is 0 Å². The first-order chi connectivity index (χ1) is 9.02. The van der Waals surface area contributed by atoms with Crippen molar-refractivity contribution in [2.45, 2.75) is 46.8 Å². The van der Waals surface area contributed by atoms with E-state index in [9.17, 15) is 0 Å². The summed E-state index contributed by atoms with van der Waals surface area (Å²) >= 11 is 0. The van der Waals surface area contributed by atoms with Gasteiger partial charge in [-0.3, -0.25) is 4.90 Å². The van der Waals surface area contributed by atoms with Crippen LogP contribution in [-0.4, -0.2) is 49.1 Å². The summed E-state index contributed by atoms with van der Waals surface area (Å²) in [6.07, 6.45) is 0.592. The van der Waals surface area contributed by atoms with Gasteiger partial charge in [-0.2, -0.15) is 0 Å². The Morgan fingerprint density at radius 1 is 1.37 bits per heavy atom. The highest BCUT2D eigenvalue weighted by atomic mass is 16.6. The Balaban J connectivity index is 2.32. The third-order valence-corrected chi connectivity index (χ3v) is 2.96. The van der Waals surface area contributed by atoms with Crippen molar-refractivity contribution >= 4 is 5.71 Å². The van der Waals surface area contributed by atoms with Crippen LogP contribution in [0.1, 0.15) is 34.6 Å². The zero-order valence-electron chi connectivity index (χ0n) is 12.8. The van der Waals surface area contributed by atoms with Gasteiger partial charge in [0.25, 0.3) is 0 Å². The molecule has 0 aromatic carbocycles. The zero-order valence-corrected chi connectivity index (χ0v) is 12.8. The second-order valence-corrected chi connectivity index (χ2v) is 5.36. The van der Waals surface area contributed by atoms with Crippen molar-refractivity contribution in [3.8, 4) is 11.8 Å². The van der Waals surface area contributed by atoms with E-state index in [1.807, 2.05) is 6.92 Å². The van der Waals surface area contributed by atoms with Crippen LogP contribution in [0.5, 0.6) is 0 Å². The van der Waals surface area contributed by atoms with Gasteiger partial charge >= 0.3 is 0 Å². The van der Waals surface area contributed by atoms with Gasteiger partial charge in [0, 0.05) is 25.6 Å². The highest BCUT2D eigenvalue weighted by Gasteiger charge is 2.21. The third kappa shape index (κ3) is 6.09. The Morgan fingerprint density at radius 2 is 2.00 bits per heavy atom. The van der Waals surface area contributed by atoms with Crippen LogP contribution in [0, 0.1) is 17.8 Å². The van der Waals surface area contributed by atoms with Gasteiger partial charge in [0.1, 0.15) is 12.3 Å². The molecule has 4 nitrogen and oxygen atoms in total. The molecule has 0 spiro atoms. The fourth-order valence-corrected chi connectivity index (χ4v) is 2.15. The third-order valence-electron chi connectivity index (χ3n) is 2.96. The van der Waals surface area contributed by atoms with E-state index in [0.717, 1.165) is 25.3 Å². The van der Waals surface area contributed by atoms with Crippen LogP contribution in [0.4, 0.5) is 0 Å². The van der Waals surface area contributed by atoms with Crippen LogP contribution in [0.15, 0.2) is 5.16 Å². The quantitative estimate of drug-likeness (QED) is 0.331. The van der Waals surface area contributed by atoms with Crippen LogP contribution in [0.25, 0.3) is 0 Å². The SMILES string of the molecule is CC#C/C(=N\OCCN1C[C@@H](C)O[C@@H](C)C1)C(C)C. The number of morpholine rings is 1. The number of hydrogen-bond donors (Lipinski definition) is 0. The van der Waals surface area contributed by atoms with Crippen LogP contribution in [0.3, 0.4) is 0 Å². The topological polar surface area (TPSA) is 34.1 Å². The predicted molar refractivity (Wildman–Crippen MR) is 78.1 cm³/mol. The van der Waals surface area contributed by atoms with Crippen molar-refractivity contribution in [3.63, 3.8) is 0 Å². The number of ether oxygens (including phenoxy) is 1. The van der Waals surface area contributed by atoms with E-state index in [4.69, 9.17) is 9.57 Å². The average molecular weight is 266 g/mol. The lowest BCUT2D eigenvalue weighted by Crippen LogP contribution is -2.46. The highest BCUT2D eigenvalue weighted by molar-refractivity contribution is 6.01. The fourth-order valence-electron chi connectivity index (χ4n) is 2.15. The Hall–Kier alpha value is -1.05. The molecule has 0 radical (unpaired) electrons. The largest absolute Gasteiger partial charge is 0.394 e. The first-order valence-electron chi connectivity index (χ1n) is 7.03. The molecule has 0 amide bonds. The molecule has 0 saturated carbocycles. The smallest absolute Gasteiger partial charge is 0.132 e. The molecule has 0 aromatic rings. The molecular weight excluding hydrogens is 240 g/mol. The first kappa shape index (κ1) is 16.0. The lowest BCUT2D eigenvalue weighted by atomic mass is 10.1. The maximum atomic E-state index is 5.70. The van der Waals surface area contributed by atoms with Crippen LogP contribution in [-0.2, 0) is 9.57 Å². The molecule has 0 N–H and O–H groups in total. The molecule has 1 aliphatic heterocycles. The minimum Gasteiger partial charge on any atom is -0.394 e. The molecular formula is C15H26N2O2. The molecule has 1 fully saturated rings. The second-order valence-electron chi connectivity index (χ2n) is 5.36. The monoisotopic (exact) mass is 266 g/mol. The summed E-state index contributed by atoms with van der Waals surface area (Å²) in [4.78, 5) is 7.74. The van der Waals surface area contributed by atoms with Crippen molar-refractivity contribution in [3.05, 3.63) is 0 Å². The van der Waals surface area contributed by atoms with Crippen molar-refractivity contribution in [2.75, 3.05) is 26.2 Å². The molecule has 1 saturated heterocycles. The molecule has 108 valence electrons. The Morgan fingerprint density at radius 3 is 2.53 bits per heavy atom. The minimum atomic E-state index is 0.296. The zero-order chi connectivity index (χ0) is 14.3. The number of hydrogen-bond acceptors (Lipinski definition) is 4. The molecule has 0 aromatic heterocycles. The summed E-state index contributed by atoms with van der Waals surface area (Å²) in [5, 5.41) is 4.12. The summed E-state index contributed by atoms with van der Waals surface area (Å²) in [6, 6.07) is 0. The number of rotatable bonds is 5. The number of oxime groups is 1. The summed E-state index contributed by atoms with van der Waals surface area (Å²) in [7, 11) is 0. The highest BCUT2D eigenvalue weighted by Crippen LogP contribution is 2.09. The molecule has 0 aliphatic carbocycles. The van der Waals surface area contributed by atoms with Gasteiger partial charge in [-0.25, -0.2) is 0 Å². The molecule has 0 unspecified atom stereocenters. The van der Waals surface area contributed by atoms with E-state index in [2.05, 4.69) is 49.6 Å². The van der Waals surface area contributed by atoms with E-state index in [1.165, 1.54) is 0 Å². The minimum absolute atomic E-state index is 0.296. The van der Waals surface area contributed by atoms with Gasteiger partial charge in [-0.05, 0) is 26.7 Å². The van der Waals surface area contributed by atoms with E-state index < -0.39 is 0 Å². The fraction of sp³-hybridized carbons (Fsp3) is 0.800. The molecule has 4 heteroatoms. The molecule has 19 heavy (non-hydrogen) atoms. The van der Waals surface area contributed by atoms with Crippen molar-refractivity contribution in [1.29, 1.82) is 0 Å². The maximum Gasteiger partial charge on any atom is 0.132 e. The van der Waals surface area contributed by atoms with Gasteiger partial charge in [0.15, 0.2) is 0 Å². The van der Waals surface area contributed by atoms with Gasteiger partial charge < -0.3 is 9.57 Å². The van der Waals surface area contributed by atoms with Crippen molar-refractivity contribution in [2.24, 2.45) is 11.1 Å². The maximum absolute atomic E-state index is 5.70. The standard InChI is InChI=1S/C15H26N2O2/c1-6-7-15(12(2)3)16-18-9-8-17-10-13(4)19-14(5)11-17/h12-14H,8-11H2,1-5H3/b16-15+/t13-,14+. The van der Waals surface area contributed by atoms with Crippen LogP contribution in [0.2, 0.25) is 0 Å². The van der Waals surface area contributed by atoms with Gasteiger partial charge in [0.05, 0.1) is 12.2 Å². The van der Waals surface area contributed by atoms with Crippen LogP contribution < -0.4 is 0 Å². The van der Waals surface area contributed by atoms with Gasteiger partial charge in [-0.1, -0.05) is 24.9 Å². The predicted octanol–water partition coefficient (Wildman–Crippen LogP) is 2.15. The summed E-state index contributed by atoms with van der Waals surface area (Å²) < 4.78 is 5.70. The van der Waals surface area contributed by atoms with Crippen molar-refractivity contribution in [1.82, 2.24) is 4.90 Å². The Labute approximate surface area is 117 Å². The first-order valence-corrected chi connectivity index (χ1v) is 7.03. The molecule has 2 atom stereocenters.